The van der Waals surface area contributed by atoms with E-state index in [0.717, 1.165) is 25.7 Å². The van der Waals surface area contributed by atoms with Crippen LogP contribution < -0.4 is 0 Å². The van der Waals surface area contributed by atoms with E-state index < -0.39 is 24.6 Å². The van der Waals surface area contributed by atoms with Crippen LogP contribution in [0.1, 0.15) is 46.0 Å². The standard InChI is InChI=1S/C14H26O6/c1-3-5-9(6-4-2)14(18)19-8-11-13(17)10(15)7-12(16)20-11/h9-13,15-17H,3-8H2,1-2H3/t10-,11-,12?,13+/m1/s1. The van der Waals surface area contributed by atoms with Gasteiger partial charge in [0.25, 0.3) is 0 Å². The number of aliphatic hydroxyl groups is 3. The first-order valence-corrected chi connectivity index (χ1v) is 7.35. The Labute approximate surface area is 119 Å². The van der Waals surface area contributed by atoms with Crippen molar-refractivity contribution in [1.29, 1.82) is 0 Å². The molecule has 6 nitrogen and oxygen atoms in total. The van der Waals surface area contributed by atoms with E-state index in [0.29, 0.717) is 0 Å². The fourth-order valence-electron chi connectivity index (χ4n) is 2.43. The molecule has 0 radical (unpaired) electrons. The lowest BCUT2D eigenvalue weighted by atomic mass is 9.98. The average molecular weight is 290 g/mol. The van der Waals surface area contributed by atoms with Gasteiger partial charge in [0.05, 0.1) is 12.0 Å². The molecule has 0 aromatic carbocycles. The third kappa shape index (κ3) is 5.01. The molecule has 0 bridgehead atoms. The zero-order valence-corrected chi connectivity index (χ0v) is 12.2. The van der Waals surface area contributed by atoms with E-state index >= 15 is 0 Å². The highest BCUT2D eigenvalue weighted by Gasteiger charge is 2.37. The summed E-state index contributed by atoms with van der Waals surface area (Å²) in [6, 6.07) is 0. The summed E-state index contributed by atoms with van der Waals surface area (Å²) in [5, 5.41) is 28.6. The molecule has 1 aliphatic heterocycles. The van der Waals surface area contributed by atoms with Crippen LogP contribution in [0.5, 0.6) is 0 Å². The van der Waals surface area contributed by atoms with Crippen LogP contribution in [0.2, 0.25) is 0 Å². The molecule has 0 aliphatic carbocycles. The zero-order chi connectivity index (χ0) is 15.1. The van der Waals surface area contributed by atoms with Gasteiger partial charge in [-0.15, -0.1) is 0 Å². The highest BCUT2D eigenvalue weighted by molar-refractivity contribution is 5.72. The first kappa shape index (κ1) is 17.4. The fraction of sp³-hybridized carbons (Fsp3) is 0.929. The predicted octanol–water partition coefficient (Wildman–Crippen LogP) is 0.575. The van der Waals surface area contributed by atoms with Gasteiger partial charge in [0.1, 0.15) is 18.8 Å². The summed E-state index contributed by atoms with van der Waals surface area (Å²) in [4.78, 5) is 12.0. The van der Waals surface area contributed by atoms with Crippen LogP contribution in [-0.4, -0.2) is 52.5 Å². The van der Waals surface area contributed by atoms with Crippen molar-refractivity contribution < 1.29 is 29.6 Å². The minimum atomic E-state index is -1.15. The Balaban J connectivity index is 2.45. The quantitative estimate of drug-likeness (QED) is 0.593. The Morgan fingerprint density at radius 2 is 1.85 bits per heavy atom. The number of hydrogen-bond donors (Lipinski definition) is 3. The lowest BCUT2D eigenvalue weighted by Crippen LogP contribution is -2.50. The molecule has 0 spiro atoms. The monoisotopic (exact) mass is 290 g/mol. The van der Waals surface area contributed by atoms with Gasteiger partial charge in [-0.3, -0.25) is 4.79 Å². The summed E-state index contributed by atoms with van der Waals surface area (Å²) in [6.07, 6.45) is -0.940. The van der Waals surface area contributed by atoms with Crippen molar-refractivity contribution in [2.75, 3.05) is 6.61 Å². The Bertz CT molecular complexity index is 289. The van der Waals surface area contributed by atoms with E-state index in [1.54, 1.807) is 0 Å². The first-order chi connectivity index (χ1) is 9.49. The highest BCUT2D eigenvalue weighted by atomic mass is 16.6. The number of rotatable bonds is 7. The lowest BCUT2D eigenvalue weighted by molar-refractivity contribution is -0.242. The van der Waals surface area contributed by atoms with Gasteiger partial charge >= 0.3 is 5.97 Å². The summed E-state index contributed by atoms with van der Waals surface area (Å²) < 4.78 is 10.3. The first-order valence-electron chi connectivity index (χ1n) is 7.35. The minimum absolute atomic E-state index is 0.0418. The van der Waals surface area contributed by atoms with Gasteiger partial charge in [-0.05, 0) is 12.8 Å². The van der Waals surface area contributed by atoms with Crippen molar-refractivity contribution >= 4 is 5.97 Å². The lowest BCUT2D eigenvalue weighted by Gasteiger charge is -2.34. The molecule has 0 aromatic heterocycles. The van der Waals surface area contributed by atoms with E-state index in [2.05, 4.69) is 0 Å². The summed E-state index contributed by atoms with van der Waals surface area (Å²) in [5.41, 5.74) is 0. The van der Waals surface area contributed by atoms with Crippen molar-refractivity contribution in [2.24, 2.45) is 5.92 Å². The molecule has 4 atom stereocenters. The van der Waals surface area contributed by atoms with Gasteiger partial charge in [-0.25, -0.2) is 0 Å². The maximum Gasteiger partial charge on any atom is 0.309 e. The zero-order valence-electron chi connectivity index (χ0n) is 12.2. The number of esters is 1. The van der Waals surface area contributed by atoms with Crippen LogP contribution in [-0.2, 0) is 14.3 Å². The van der Waals surface area contributed by atoms with Crippen LogP contribution in [0.4, 0.5) is 0 Å². The SMILES string of the molecule is CCCC(CCC)C(=O)OC[C@H]1OC(O)C[C@@H](O)[C@@H]1O. The summed E-state index contributed by atoms with van der Waals surface area (Å²) >= 11 is 0. The van der Waals surface area contributed by atoms with E-state index in [9.17, 15) is 20.1 Å². The van der Waals surface area contributed by atoms with Crippen LogP contribution in [0.15, 0.2) is 0 Å². The van der Waals surface area contributed by atoms with Crippen LogP contribution in [0.3, 0.4) is 0 Å². The van der Waals surface area contributed by atoms with Crippen LogP contribution in [0.25, 0.3) is 0 Å². The molecule has 1 heterocycles. The molecule has 1 rings (SSSR count). The van der Waals surface area contributed by atoms with E-state index in [1.807, 2.05) is 13.8 Å². The van der Waals surface area contributed by atoms with E-state index in [1.165, 1.54) is 0 Å². The maximum atomic E-state index is 12.0. The average Bonchev–Trinajstić information content (AvgIpc) is 2.40. The molecular weight excluding hydrogens is 264 g/mol. The topological polar surface area (TPSA) is 96.2 Å². The Morgan fingerprint density at radius 1 is 1.25 bits per heavy atom. The second-order valence-corrected chi connectivity index (χ2v) is 5.33. The third-order valence-electron chi connectivity index (χ3n) is 3.55. The number of ether oxygens (including phenoxy) is 2. The molecule has 1 saturated heterocycles. The molecule has 0 saturated carbocycles. The van der Waals surface area contributed by atoms with Gasteiger partial charge < -0.3 is 24.8 Å². The molecule has 1 unspecified atom stereocenters. The van der Waals surface area contributed by atoms with Gasteiger partial charge in [-0.2, -0.15) is 0 Å². The van der Waals surface area contributed by atoms with Gasteiger partial charge in [0.2, 0.25) is 0 Å². The smallest absolute Gasteiger partial charge is 0.309 e. The summed E-state index contributed by atoms with van der Waals surface area (Å²) in [7, 11) is 0. The largest absolute Gasteiger partial charge is 0.463 e. The molecule has 20 heavy (non-hydrogen) atoms. The normalized spacial score (nSPS) is 30.5. The third-order valence-corrected chi connectivity index (χ3v) is 3.55. The van der Waals surface area contributed by atoms with Crippen molar-refractivity contribution in [2.45, 2.75) is 70.6 Å². The molecule has 0 aromatic rings. The van der Waals surface area contributed by atoms with Crippen molar-refractivity contribution in [3.63, 3.8) is 0 Å². The maximum absolute atomic E-state index is 12.0. The second-order valence-electron chi connectivity index (χ2n) is 5.33. The van der Waals surface area contributed by atoms with E-state index in [4.69, 9.17) is 9.47 Å². The number of carbonyl (C=O) groups is 1. The molecule has 6 heteroatoms. The number of carbonyl (C=O) groups excluding carboxylic acids is 1. The molecular formula is C14H26O6. The number of hydrogen-bond acceptors (Lipinski definition) is 6. The predicted molar refractivity (Wildman–Crippen MR) is 71.8 cm³/mol. The van der Waals surface area contributed by atoms with Crippen molar-refractivity contribution in [1.82, 2.24) is 0 Å². The van der Waals surface area contributed by atoms with Crippen LogP contribution in [0, 0.1) is 5.92 Å². The van der Waals surface area contributed by atoms with E-state index in [-0.39, 0.29) is 24.9 Å². The minimum Gasteiger partial charge on any atom is -0.463 e. The molecule has 1 aliphatic rings. The van der Waals surface area contributed by atoms with Gasteiger partial charge in [0.15, 0.2) is 6.29 Å². The number of aliphatic hydroxyl groups excluding tert-OH is 3. The van der Waals surface area contributed by atoms with Crippen molar-refractivity contribution in [3.05, 3.63) is 0 Å². The van der Waals surface area contributed by atoms with Gasteiger partial charge in [0, 0.05) is 6.42 Å². The van der Waals surface area contributed by atoms with Crippen molar-refractivity contribution in [3.8, 4) is 0 Å². The summed E-state index contributed by atoms with van der Waals surface area (Å²) in [5.74, 6) is -0.445. The molecule has 118 valence electrons. The fourth-order valence-corrected chi connectivity index (χ4v) is 2.43. The molecule has 0 amide bonds. The highest BCUT2D eigenvalue weighted by Crippen LogP contribution is 2.21. The summed E-state index contributed by atoms with van der Waals surface area (Å²) in [6.45, 7) is 3.87. The molecule has 3 N–H and O–H groups in total. The Morgan fingerprint density at radius 3 is 2.40 bits per heavy atom. The second kappa shape index (κ2) is 8.56. The van der Waals surface area contributed by atoms with Gasteiger partial charge in [-0.1, -0.05) is 26.7 Å². The Kier molecular flexibility index (Phi) is 7.43. The van der Waals surface area contributed by atoms with Crippen LogP contribution >= 0.6 is 0 Å². The molecule has 1 fully saturated rings. The Hall–Kier alpha value is -0.690.